The van der Waals surface area contributed by atoms with Crippen LogP contribution >= 0.6 is 0 Å². The van der Waals surface area contributed by atoms with Crippen LogP contribution in [-0.2, 0) is 19.1 Å². The monoisotopic (exact) mass is 189 g/mol. The fourth-order valence-electron chi connectivity index (χ4n) is 0.854. The summed E-state index contributed by atoms with van der Waals surface area (Å²) in [4.78, 5) is 23.6. The van der Waals surface area contributed by atoms with Crippen molar-refractivity contribution >= 4 is 11.9 Å². The Morgan fingerprint density at radius 2 is 1.77 bits per heavy atom. The number of esters is 2. The van der Waals surface area contributed by atoms with Crippen molar-refractivity contribution < 1.29 is 19.1 Å². The molecule has 1 atom stereocenters. The summed E-state index contributed by atoms with van der Waals surface area (Å²) in [6.07, 6.45) is 0.0101. The van der Waals surface area contributed by atoms with E-state index in [4.69, 9.17) is 0 Å². The van der Waals surface area contributed by atoms with Crippen LogP contribution in [0.15, 0.2) is 0 Å². The lowest BCUT2D eigenvalue weighted by atomic mass is 10.2. The average molecular weight is 189 g/mol. The van der Waals surface area contributed by atoms with Gasteiger partial charge >= 0.3 is 11.9 Å². The van der Waals surface area contributed by atoms with Gasteiger partial charge in [0.15, 0.2) is 0 Å². The van der Waals surface area contributed by atoms with Gasteiger partial charge in [0.1, 0.15) is 6.04 Å². The van der Waals surface area contributed by atoms with E-state index >= 15 is 0 Å². The zero-order valence-corrected chi connectivity index (χ0v) is 8.36. The molecule has 76 valence electrons. The van der Waals surface area contributed by atoms with Crippen molar-refractivity contribution in [3.05, 3.63) is 0 Å². The van der Waals surface area contributed by atoms with E-state index in [2.05, 4.69) is 9.47 Å². The van der Waals surface area contributed by atoms with E-state index in [9.17, 15) is 9.59 Å². The van der Waals surface area contributed by atoms with Crippen molar-refractivity contribution in [2.24, 2.45) is 0 Å². The van der Waals surface area contributed by atoms with Crippen LogP contribution in [0.5, 0.6) is 0 Å². The number of hydrogen-bond donors (Lipinski definition) is 0. The summed E-state index contributed by atoms with van der Waals surface area (Å²) in [6, 6.07) is -0.572. The van der Waals surface area contributed by atoms with Gasteiger partial charge in [-0.15, -0.1) is 0 Å². The Kier molecular flexibility index (Phi) is 5.06. The molecule has 13 heavy (non-hydrogen) atoms. The highest BCUT2D eigenvalue weighted by molar-refractivity contribution is 5.82. The van der Waals surface area contributed by atoms with E-state index in [1.165, 1.54) is 14.2 Å². The molecule has 0 rings (SSSR count). The minimum atomic E-state index is -0.572. The maximum absolute atomic E-state index is 11.1. The molecule has 0 saturated heterocycles. The molecule has 0 aliphatic carbocycles. The van der Waals surface area contributed by atoms with Gasteiger partial charge < -0.3 is 9.47 Å². The largest absolute Gasteiger partial charge is 0.469 e. The standard InChI is InChI=1S/C8H15NO4/c1-9(2)6(8(11)13-4)5-7(10)12-3/h6H,5H2,1-4H3. The van der Waals surface area contributed by atoms with E-state index in [-0.39, 0.29) is 6.42 Å². The number of carbonyl (C=O) groups excluding carboxylic acids is 2. The van der Waals surface area contributed by atoms with Crippen molar-refractivity contribution in [2.75, 3.05) is 28.3 Å². The van der Waals surface area contributed by atoms with Crippen LogP contribution in [0.25, 0.3) is 0 Å². The Morgan fingerprint density at radius 3 is 2.08 bits per heavy atom. The molecule has 0 fully saturated rings. The molecule has 0 radical (unpaired) electrons. The second-order valence-electron chi connectivity index (χ2n) is 2.78. The summed E-state index contributed by atoms with van der Waals surface area (Å²) in [5.74, 6) is -0.862. The smallest absolute Gasteiger partial charge is 0.323 e. The summed E-state index contributed by atoms with van der Waals surface area (Å²) in [5, 5.41) is 0. The summed E-state index contributed by atoms with van der Waals surface area (Å²) in [5.41, 5.74) is 0. The van der Waals surface area contributed by atoms with Gasteiger partial charge in [0.25, 0.3) is 0 Å². The van der Waals surface area contributed by atoms with Crippen molar-refractivity contribution in [1.82, 2.24) is 4.90 Å². The third-order valence-electron chi connectivity index (χ3n) is 1.68. The number of rotatable bonds is 4. The molecule has 0 heterocycles. The predicted octanol–water partition coefficient (Wildman–Crippen LogP) is -0.347. The summed E-state index contributed by atoms with van der Waals surface area (Å²) < 4.78 is 8.98. The molecule has 0 N–H and O–H groups in total. The third kappa shape index (κ3) is 3.89. The summed E-state index contributed by atoms with van der Waals surface area (Å²) >= 11 is 0. The van der Waals surface area contributed by atoms with Crippen LogP contribution in [0.2, 0.25) is 0 Å². The quantitative estimate of drug-likeness (QED) is 0.566. The number of carbonyl (C=O) groups is 2. The first-order chi connectivity index (χ1) is 6.02. The topological polar surface area (TPSA) is 55.8 Å². The van der Waals surface area contributed by atoms with Crippen molar-refractivity contribution in [3.8, 4) is 0 Å². The lowest BCUT2D eigenvalue weighted by Gasteiger charge is -2.20. The van der Waals surface area contributed by atoms with Crippen LogP contribution in [0.1, 0.15) is 6.42 Å². The first kappa shape index (κ1) is 11.9. The fraction of sp³-hybridized carbons (Fsp3) is 0.750. The molecule has 0 bridgehead atoms. The Labute approximate surface area is 77.6 Å². The van der Waals surface area contributed by atoms with Crippen molar-refractivity contribution in [1.29, 1.82) is 0 Å². The predicted molar refractivity (Wildman–Crippen MR) is 46.1 cm³/mol. The highest BCUT2D eigenvalue weighted by Crippen LogP contribution is 2.03. The number of ether oxygens (including phenoxy) is 2. The van der Waals surface area contributed by atoms with Gasteiger partial charge in [0.2, 0.25) is 0 Å². The van der Waals surface area contributed by atoms with Gasteiger partial charge in [-0.3, -0.25) is 14.5 Å². The molecule has 5 nitrogen and oxygen atoms in total. The van der Waals surface area contributed by atoms with Gasteiger partial charge in [-0.25, -0.2) is 0 Å². The third-order valence-corrected chi connectivity index (χ3v) is 1.68. The van der Waals surface area contributed by atoms with E-state index in [0.717, 1.165) is 0 Å². The maximum atomic E-state index is 11.1. The van der Waals surface area contributed by atoms with Crippen molar-refractivity contribution in [2.45, 2.75) is 12.5 Å². The van der Waals surface area contributed by atoms with Crippen LogP contribution in [-0.4, -0.2) is 51.2 Å². The SMILES string of the molecule is COC(=O)CC(C(=O)OC)N(C)C. The van der Waals surface area contributed by atoms with Gasteiger partial charge in [-0.05, 0) is 14.1 Å². The van der Waals surface area contributed by atoms with E-state index in [1.807, 2.05) is 0 Å². The molecule has 0 spiro atoms. The van der Waals surface area contributed by atoms with Gasteiger partial charge in [0, 0.05) is 0 Å². The second kappa shape index (κ2) is 5.53. The van der Waals surface area contributed by atoms with E-state index < -0.39 is 18.0 Å². The second-order valence-corrected chi connectivity index (χ2v) is 2.78. The first-order valence-electron chi connectivity index (χ1n) is 3.84. The number of likely N-dealkylation sites (N-methyl/N-ethyl adjacent to an activating group) is 1. The minimum Gasteiger partial charge on any atom is -0.469 e. The van der Waals surface area contributed by atoms with Gasteiger partial charge in [0.05, 0.1) is 20.6 Å². The van der Waals surface area contributed by atoms with E-state index in [0.29, 0.717) is 0 Å². The Morgan fingerprint density at radius 1 is 1.23 bits per heavy atom. The maximum Gasteiger partial charge on any atom is 0.323 e. The molecule has 0 aromatic carbocycles. The molecular formula is C8H15NO4. The van der Waals surface area contributed by atoms with E-state index in [1.54, 1.807) is 19.0 Å². The fourth-order valence-corrected chi connectivity index (χ4v) is 0.854. The average Bonchev–Trinajstić information content (AvgIpc) is 2.11. The Bertz CT molecular complexity index is 191. The first-order valence-corrected chi connectivity index (χ1v) is 3.84. The molecular weight excluding hydrogens is 174 g/mol. The summed E-state index contributed by atoms with van der Waals surface area (Å²) in [6.45, 7) is 0. The highest BCUT2D eigenvalue weighted by atomic mass is 16.5. The summed E-state index contributed by atoms with van der Waals surface area (Å²) in [7, 11) is 5.97. The molecule has 0 aromatic rings. The van der Waals surface area contributed by atoms with Gasteiger partial charge in [-0.2, -0.15) is 0 Å². The zero-order valence-electron chi connectivity index (χ0n) is 8.36. The lowest BCUT2D eigenvalue weighted by molar-refractivity contribution is -0.152. The number of hydrogen-bond acceptors (Lipinski definition) is 5. The number of nitrogens with zero attached hydrogens (tertiary/aromatic N) is 1. The molecule has 0 aliphatic rings. The van der Waals surface area contributed by atoms with Crippen molar-refractivity contribution in [3.63, 3.8) is 0 Å². The molecule has 0 aliphatic heterocycles. The number of methoxy groups -OCH3 is 2. The van der Waals surface area contributed by atoms with Crippen LogP contribution in [0.3, 0.4) is 0 Å². The van der Waals surface area contributed by atoms with Crippen LogP contribution < -0.4 is 0 Å². The Balaban J connectivity index is 4.26. The Hall–Kier alpha value is -1.10. The zero-order chi connectivity index (χ0) is 10.4. The van der Waals surface area contributed by atoms with Crippen LogP contribution in [0, 0.1) is 0 Å². The molecule has 0 aromatic heterocycles. The molecule has 0 amide bonds. The normalized spacial score (nSPS) is 12.4. The van der Waals surface area contributed by atoms with Crippen LogP contribution in [0.4, 0.5) is 0 Å². The molecule has 5 heteroatoms. The molecule has 0 saturated carbocycles. The molecule has 1 unspecified atom stereocenters. The minimum absolute atomic E-state index is 0.0101. The highest BCUT2D eigenvalue weighted by Gasteiger charge is 2.24. The lowest BCUT2D eigenvalue weighted by Crippen LogP contribution is -2.38. The van der Waals surface area contributed by atoms with Gasteiger partial charge in [-0.1, -0.05) is 0 Å².